The molecule has 0 aromatic rings. The Morgan fingerprint density at radius 1 is 1.40 bits per heavy atom. The molecule has 1 saturated heterocycles. The van der Waals surface area contributed by atoms with Crippen LogP contribution in [0.5, 0.6) is 0 Å². The van der Waals surface area contributed by atoms with Crippen molar-refractivity contribution in [2.24, 2.45) is 0 Å². The van der Waals surface area contributed by atoms with Gasteiger partial charge in [-0.25, -0.2) is 0 Å². The van der Waals surface area contributed by atoms with E-state index < -0.39 is 18.4 Å². The Bertz CT molecular complexity index is 280. The molecule has 0 unspecified atom stereocenters. The van der Waals surface area contributed by atoms with Crippen molar-refractivity contribution in [3.8, 4) is 0 Å². The molecule has 3 heteroatoms. The van der Waals surface area contributed by atoms with E-state index in [2.05, 4.69) is 27.8 Å². The first kappa shape index (κ1) is 11.8. The molecule has 1 fully saturated rings. The first-order chi connectivity index (χ1) is 6.92. The molecule has 2 atom stereocenters. The third kappa shape index (κ3) is 2.36. The minimum atomic E-state index is -2.00. The van der Waals surface area contributed by atoms with E-state index in [1.54, 1.807) is 0 Å². The summed E-state index contributed by atoms with van der Waals surface area (Å²) in [7, 11) is 0. The van der Waals surface area contributed by atoms with E-state index in [0.29, 0.717) is 6.10 Å². The number of rotatable bonds is 1. The first-order valence-corrected chi connectivity index (χ1v) is 15.9. The quantitative estimate of drug-likeness (QED) is 0.692. The molecule has 2 aliphatic heterocycles. The second-order valence-corrected chi connectivity index (χ2v) is 20.2. The van der Waals surface area contributed by atoms with Gasteiger partial charge in [-0.15, -0.1) is 0 Å². The van der Waals surface area contributed by atoms with Crippen LogP contribution in [0.15, 0.2) is 9.85 Å². The molecule has 2 heterocycles. The molecule has 0 spiro atoms. The maximum atomic E-state index is 6.19. The minimum absolute atomic E-state index is 0.0428. The fourth-order valence-electron chi connectivity index (χ4n) is 2.33. The number of hydrogen-bond acceptors (Lipinski definition) is 2. The van der Waals surface area contributed by atoms with Crippen LogP contribution in [0, 0.1) is 0 Å². The Morgan fingerprint density at radius 3 is 2.80 bits per heavy atom. The molecule has 0 aromatic carbocycles. The zero-order valence-corrected chi connectivity index (χ0v) is 13.2. The van der Waals surface area contributed by atoms with Gasteiger partial charge < -0.3 is 0 Å². The Hall–Kier alpha value is 0.299. The summed E-state index contributed by atoms with van der Waals surface area (Å²) in [6, 6.07) is 0. The molecule has 0 N–H and O–H groups in total. The Morgan fingerprint density at radius 2 is 2.13 bits per heavy atom. The second-order valence-electron chi connectivity index (χ2n) is 5.93. The van der Waals surface area contributed by atoms with Gasteiger partial charge in [0.15, 0.2) is 0 Å². The molecule has 2 aliphatic rings. The van der Waals surface area contributed by atoms with E-state index in [1.165, 1.54) is 3.78 Å². The zero-order valence-electron chi connectivity index (χ0n) is 10.3. The topological polar surface area (TPSA) is 18.5 Å². The third-order valence-electron chi connectivity index (χ3n) is 3.42. The van der Waals surface area contributed by atoms with Gasteiger partial charge in [0, 0.05) is 0 Å². The van der Waals surface area contributed by atoms with Gasteiger partial charge in [-0.1, -0.05) is 0 Å². The Labute approximate surface area is 96.9 Å². The van der Waals surface area contributed by atoms with Gasteiger partial charge in [-0.2, -0.15) is 0 Å². The van der Waals surface area contributed by atoms with Crippen molar-refractivity contribution >= 4 is 18.4 Å². The van der Waals surface area contributed by atoms with Gasteiger partial charge >= 0.3 is 97.0 Å². The van der Waals surface area contributed by atoms with E-state index >= 15 is 0 Å². The van der Waals surface area contributed by atoms with Gasteiger partial charge in [-0.3, -0.25) is 0 Å². The standard InChI is InChI=1S/C9H13O2.3CH3.Sn/c1-9-5-3-6-10-8(9)4-2-7-11-9;;;;/h3,8H,2,4-5,7H2,1H3;3*1H3;/t8-,9+;;;;/m1..../s1. The van der Waals surface area contributed by atoms with Crippen molar-refractivity contribution in [2.45, 2.75) is 52.7 Å². The normalized spacial score (nSPS) is 36.5. The van der Waals surface area contributed by atoms with Crippen LogP contribution < -0.4 is 0 Å². The fraction of sp³-hybridized carbons (Fsp3) is 0.833. The van der Waals surface area contributed by atoms with E-state index in [-0.39, 0.29) is 5.60 Å². The van der Waals surface area contributed by atoms with Crippen molar-refractivity contribution in [2.75, 3.05) is 6.61 Å². The average Bonchev–Trinajstić information content (AvgIpc) is 2.14. The van der Waals surface area contributed by atoms with Crippen LogP contribution in [-0.2, 0) is 9.47 Å². The van der Waals surface area contributed by atoms with E-state index in [9.17, 15) is 0 Å². The van der Waals surface area contributed by atoms with Crippen molar-refractivity contribution in [3.63, 3.8) is 0 Å². The molecule has 2 nitrogen and oxygen atoms in total. The molecule has 0 radical (unpaired) electrons. The molecule has 0 amide bonds. The monoisotopic (exact) mass is 318 g/mol. The van der Waals surface area contributed by atoms with Crippen LogP contribution in [0.1, 0.15) is 26.2 Å². The molecular weight excluding hydrogens is 295 g/mol. The maximum absolute atomic E-state index is 6.19. The van der Waals surface area contributed by atoms with Crippen molar-refractivity contribution in [1.82, 2.24) is 0 Å². The number of fused-ring (bicyclic) bond motifs is 1. The van der Waals surface area contributed by atoms with Crippen molar-refractivity contribution < 1.29 is 9.47 Å². The predicted molar refractivity (Wildman–Crippen MR) is 64.5 cm³/mol. The van der Waals surface area contributed by atoms with Gasteiger partial charge in [0.1, 0.15) is 0 Å². The molecule has 2 rings (SSSR count). The molecule has 0 saturated carbocycles. The summed E-state index contributed by atoms with van der Waals surface area (Å²) in [5.74, 6) is 0. The number of ether oxygens (including phenoxy) is 2. The van der Waals surface area contributed by atoms with Crippen molar-refractivity contribution in [3.05, 3.63) is 9.85 Å². The van der Waals surface area contributed by atoms with Gasteiger partial charge in [-0.05, 0) is 0 Å². The predicted octanol–water partition coefficient (Wildman–Crippen LogP) is 3.11. The van der Waals surface area contributed by atoms with Crippen LogP contribution in [0.25, 0.3) is 0 Å². The van der Waals surface area contributed by atoms with Crippen LogP contribution in [0.3, 0.4) is 0 Å². The van der Waals surface area contributed by atoms with Gasteiger partial charge in [0.2, 0.25) is 0 Å². The van der Waals surface area contributed by atoms with Gasteiger partial charge in [0.05, 0.1) is 0 Å². The van der Waals surface area contributed by atoms with Crippen LogP contribution in [0.2, 0.25) is 14.8 Å². The van der Waals surface area contributed by atoms with E-state index in [1.807, 2.05) is 0 Å². The molecule has 0 bridgehead atoms. The number of hydrogen-bond donors (Lipinski definition) is 0. The summed E-state index contributed by atoms with van der Waals surface area (Å²) in [5, 5.41) is 0. The zero-order chi connectivity index (χ0) is 11.1. The fourth-order valence-corrected chi connectivity index (χ4v) is 5.78. The molecular formula is C12H22O2Sn. The summed E-state index contributed by atoms with van der Waals surface area (Å²) in [5.41, 5.74) is -0.0428. The van der Waals surface area contributed by atoms with E-state index in [4.69, 9.17) is 9.47 Å². The SMILES string of the molecule is C[C@]12CC=[C]([Sn]([CH3])([CH3])[CH3])O[C@@H]1CCCO2. The third-order valence-corrected chi connectivity index (χ3v) is 8.56. The molecule has 86 valence electrons. The van der Waals surface area contributed by atoms with Crippen molar-refractivity contribution in [1.29, 1.82) is 0 Å². The summed E-state index contributed by atoms with van der Waals surface area (Å²) < 4.78 is 13.4. The summed E-state index contributed by atoms with van der Waals surface area (Å²) in [6.07, 6.45) is 5.96. The van der Waals surface area contributed by atoms with Gasteiger partial charge in [0.25, 0.3) is 0 Å². The van der Waals surface area contributed by atoms with Crippen LogP contribution in [-0.4, -0.2) is 36.7 Å². The molecule has 0 aliphatic carbocycles. The summed E-state index contributed by atoms with van der Waals surface area (Å²) in [6.45, 7) is 3.10. The first-order valence-electron chi connectivity index (χ1n) is 5.93. The average molecular weight is 317 g/mol. The molecule has 15 heavy (non-hydrogen) atoms. The Balaban J connectivity index is 2.17. The van der Waals surface area contributed by atoms with Crippen LogP contribution >= 0.6 is 0 Å². The van der Waals surface area contributed by atoms with E-state index in [0.717, 1.165) is 25.9 Å². The summed E-state index contributed by atoms with van der Waals surface area (Å²) >= 11 is -2.00. The van der Waals surface area contributed by atoms with Crippen LogP contribution in [0.4, 0.5) is 0 Å². The summed E-state index contributed by atoms with van der Waals surface area (Å²) in [4.78, 5) is 7.23. The second kappa shape index (κ2) is 3.95. The molecule has 0 aromatic heterocycles. The Kier molecular flexibility index (Phi) is 3.10.